The summed E-state index contributed by atoms with van der Waals surface area (Å²) >= 11 is 5.50. The first-order valence-corrected chi connectivity index (χ1v) is 6.40. The van der Waals surface area contributed by atoms with E-state index in [2.05, 4.69) is 4.74 Å². The molecule has 22 heavy (non-hydrogen) atoms. The number of alkyl halides is 1. The lowest BCUT2D eigenvalue weighted by Crippen LogP contribution is -2.18. The maximum atomic E-state index is 11.4. The van der Waals surface area contributed by atoms with Crippen LogP contribution in [0.25, 0.3) is 0 Å². The molecule has 0 saturated heterocycles. The van der Waals surface area contributed by atoms with Crippen molar-refractivity contribution in [3.8, 4) is 17.2 Å². The topological polar surface area (TPSA) is 123 Å². The minimum absolute atomic E-state index is 0.0153. The Balaban J connectivity index is 3.11. The van der Waals surface area contributed by atoms with Gasteiger partial charge in [-0.1, -0.05) is 11.6 Å². The molecule has 9 nitrogen and oxygen atoms in total. The molecule has 0 fully saturated rings. The zero-order valence-corrected chi connectivity index (χ0v) is 12.9. The van der Waals surface area contributed by atoms with Crippen molar-refractivity contribution in [3.05, 3.63) is 16.2 Å². The molecule has 0 amide bonds. The number of ether oxygens (including phenoxy) is 4. The number of methoxy groups -OCH3 is 2. The van der Waals surface area contributed by atoms with Crippen LogP contribution in [0, 0.1) is 10.1 Å². The van der Waals surface area contributed by atoms with Gasteiger partial charge in [-0.15, -0.1) is 0 Å². The Morgan fingerprint density at radius 3 is 2.50 bits per heavy atom. The van der Waals surface area contributed by atoms with E-state index in [0.29, 0.717) is 0 Å². The number of nitrogens with two attached hydrogens (primary N) is 1. The van der Waals surface area contributed by atoms with Gasteiger partial charge in [0.15, 0.2) is 17.9 Å². The molecule has 0 bridgehead atoms. The second-order valence-electron chi connectivity index (χ2n) is 3.95. The molecule has 1 aromatic carbocycles. The largest absolute Gasteiger partial charge is 0.490 e. The quantitative estimate of drug-likeness (QED) is 0.263. The summed E-state index contributed by atoms with van der Waals surface area (Å²) in [6.45, 7) is 0.983. The van der Waals surface area contributed by atoms with Crippen LogP contribution in [0.1, 0.15) is 6.92 Å². The predicted molar refractivity (Wildman–Crippen MR) is 77.5 cm³/mol. The molecular formula is C12H15ClN2O7. The van der Waals surface area contributed by atoms with E-state index in [0.717, 1.165) is 0 Å². The van der Waals surface area contributed by atoms with Crippen LogP contribution in [0.5, 0.6) is 17.2 Å². The van der Waals surface area contributed by atoms with Crippen molar-refractivity contribution in [2.24, 2.45) is 0 Å². The highest BCUT2D eigenvalue weighted by molar-refractivity contribution is 6.19. The Labute approximate surface area is 131 Å². The van der Waals surface area contributed by atoms with Crippen LogP contribution in [0.15, 0.2) is 6.07 Å². The lowest BCUT2D eigenvalue weighted by molar-refractivity contribution is -0.386. The second kappa shape index (κ2) is 7.55. The molecule has 1 atom stereocenters. The molecule has 10 heteroatoms. The molecule has 0 saturated carbocycles. The molecule has 0 aliphatic carbocycles. The monoisotopic (exact) mass is 334 g/mol. The molecule has 1 unspecified atom stereocenters. The number of halogens is 1. The van der Waals surface area contributed by atoms with Crippen LogP contribution < -0.4 is 19.9 Å². The molecule has 122 valence electrons. The van der Waals surface area contributed by atoms with Gasteiger partial charge in [-0.3, -0.25) is 10.1 Å². The highest BCUT2D eigenvalue weighted by Crippen LogP contribution is 2.46. The number of carbonyl (C=O) groups is 1. The van der Waals surface area contributed by atoms with E-state index in [1.54, 1.807) is 0 Å². The zero-order valence-electron chi connectivity index (χ0n) is 12.1. The maximum absolute atomic E-state index is 11.4. The van der Waals surface area contributed by atoms with Gasteiger partial charge >= 0.3 is 11.7 Å². The lowest BCUT2D eigenvalue weighted by atomic mass is 10.2. The number of nitro groups is 1. The van der Waals surface area contributed by atoms with E-state index in [1.807, 2.05) is 0 Å². The van der Waals surface area contributed by atoms with Gasteiger partial charge in [0, 0.05) is 6.07 Å². The third kappa shape index (κ3) is 4.04. The summed E-state index contributed by atoms with van der Waals surface area (Å²) in [5, 5.41) is 11.1. The number of hydrogen-bond acceptors (Lipinski definition) is 8. The Hall–Kier alpha value is -2.42. The molecule has 0 aliphatic rings. The molecule has 0 radical (unpaired) electrons. The smallest absolute Gasteiger partial charge is 0.354 e. The Morgan fingerprint density at radius 1 is 1.41 bits per heavy atom. The highest BCUT2D eigenvalue weighted by Gasteiger charge is 2.28. The second-order valence-corrected chi connectivity index (χ2v) is 4.57. The van der Waals surface area contributed by atoms with Crippen molar-refractivity contribution in [1.82, 2.24) is 0 Å². The first-order chi connectivity index (χ1) is 10.3. The van der Waals surface area contributed by atoms with Gasteiger partial charge in [0.1, 0.15) is 5.69 Å². The van der Waals surface area contributed by atoms with Crippen molar-refractivity contribution in [3.63, 3.8) is 0 Å². The number of nitrogen functional groups attached to an aromatic ring is 1. The summed E-state index contributed by atoms with van der Waals surface area (Å²) < 4.78 is 19.7. The predicted octanol–water partition coefficient (Wildman–Crippen LogP) is 1.70. The fraction of sp³-hybridized carbons (Fsp3) is 0.417. The first kappa shape index (κ1) is 17.6. The molecule has 1 rings (SSSR count). The molecule has 0 spiro atoms. The SMILES string of the molecule is COc1cc(OCC(=O)OC(C)Cl)c(N)c(OC)c1[N+](=O)[O-]. The van der Waals surface area contributed by atoms with Crippen molar-refractivity contribution in [1.29, 1.82) is 0 Å². The average Bonchev–Trinajstić information content (AvgIpc) is 2.44. The highest BCUT2D eigenvalue weighted by atomic mass is 35.5. The van der Waals surface area contributed by atoms with Gasteiger partial charge in [-0.25, -0.2) is 4.79 Å². The maximum Gasteiger partial charge on any atom is 0.354 e. The van der Waals surface area contributed by atoms with Crippen molar-refractivity contribution < 1.29 is 28.7 Å². The van der Waals surface area contributed by atoms with Crippen molar-refractivity contribution in [2.45, 2.75) is 12.5 Å². The third-order valence-electron chi connectivity index (χ3n) is 2.47. The van der Waals surface area contributed by atoms with Gasteiger partial charge in [-0.05, 0) is 6.92 Å². The molecule has 1 aromatic rings. The van der Waals surface area contributed by atoms with E-state index in [9.17, 15) is 14.9 Å². The van der Waals surface area contributed by atoms with Crippen molar-refractivity contribution >= 4 is 28.9 Å². The number of rotatable bonds is 7. The standard InChI is InChI=1S/C12H15ClN2O7/c1-6(13)22-9(16)5-21-7-4-8(19-2)11(15(17)18)12(20-3)10(7)14/h4,6H,5,14H2,1-3H3. The number of carbonyl (C=O) groups excluding carboxylic acids is 1. The molecule has 0 heterocycles. The summed E-state index contributed by atoms with van der Waals surface area (Å²) in [4.78, 5) is 21.8. The van der Waals surface area contributed by atoms with Gasteiger partial charge in [0.2, 0.25) is 11.5 Å². The molecular weight excluding hydrogens is 320 g/mol. The summed E-state index contributed by atoms with van der Waals surface area (Å²) in [5.74, 6) is -1.08. The summed E-state index contributed by atoms with van der Waals surface area (Å²) in [6.07, 6.45) is 0. The number of hydrogen-bond donors (Lipinski definition) is 1. The van der Waals surface area contributed by atoms with Crippen LogP contribution in [0.3, 0.4) is 0 Å². The third-order valence-corrected chi connectivity index (χ3v) is 2.56. The Bertz CT molecular complexity index is 577. The number of anilines is 1. The Morgan fingerprint density at radius 2 is 2.05 bits per heavy atom. The molecule has 0 aromatic heterocycles. The van der Waals surface area contributed by atoms with Gasteiger partial charge < -0.3 is 24.7 Å². The van der Waals surface area contributed by atoms with E-state index < -0.39 is 28.8 Å². The Kier molecular flexibility index (Phi) is 6.05. The number of nitrogens with zero attached hydrogens (tertiary/aromatic N) is 1. The van der Waals surface area contributed by atoms with Gasteiger partial charge in [0.25, 0.3) is 0 Å². The summed E-state index contributed by atoms with van der Waals surface area (Å²) in [7, 11) is 2.45. The fourth-order valence-electron chi connectivity index (χ4n) is 1.62. The zero-order chi connectivity index (χ0) is 16.9. The normalized spacial score (nSPS) is 11.5. The van der Waals surface area contributed by atoms with Crippen LogP contribution in [-0.4, -0.2) is 37.3 Å². The van der Waals surface area contributed by atoms with Gasteiger partial charge in [-0.2, -0.15) is 0 Å². The van der Waals surface area contributed by atoms with Crippen LogP contribution in [0.4, 0.5) is 11.4 Å². The molecule has 0 aliphatic heterocycles. The fourth-order valence-corrected chi connectivity index (χ4v) is 1.72. The van der Waals surface area contributed by atoms with E-state index in [1.165, 1.54) is 27.2 Å². The minimum atomic E-state index is -0.811. The van der Waals surface area contributed by atoms with Crippen molar-refractivity contribution in [2.75, 3.05) is 26.6 Å². The van der Waals surface area contributed by atoms with Gasteiger partial charge in [0.05, 0.1) is 19.1 Å². The minimum Gasteiger partial charge on any atom is -0.490 e. The van der Waals surface area contributed by atoms with Crippen LogP contribution in [-0.2, 0) is 9.53 Å². The number of esters is 1. The lowest BCUT2D eigenvalue weighted by Gasteiger charge is -2.14. The van der Waals surface area contributed by atoms with Crippen LogP contribution >= 0.6 is 11.6 Å². The van der Waals surface area contributed by atoms with E-state index >= 15 is 0 Å². The van der Waals surface area contributed by atoms with E-state index in [-0.39, 0.29) is 22.9 Å². The summed E-state index contributed by atoms with van der Waals surface area (Å²) in [6, 6.07) is 1.19. The molecule has 2 N–H and O–H groups in total. The summed E-state index contributed by atoms with van der Waals surface area (Å²) in [5.41, 5.74) is 4.37. The first-order valence-electron chi connectivity index (χ1n) is 5.97. The van der Waals surface area contributed by atoms with Crippen LogP contribution in [0.2, 0.25) is 0 Å². The van der Waals surface area contributed by atoms with E-state index in [4.69, 9.17) is 31.5 Å². The number of benzene rings is 1. The number of nitro benzene ring substituents is 1. The average molecular weight is 335 g/mol.